The van der Waals surface area contributed by atoms with Gasteiger partial charge in [0.2, 0.25) is 0 Å². The number of ether oxygens (including phenoxy) is 1. The van der Waals surface area contributed by atoms with Gasteiger partial charge in [0, 0.05) is 11.8 Å². The molecule has 0 aliphatic heterocycles. The highest BCUT2D eigenvalue weighted by molar-refractivity contribution is 5.89. The third kappa shape index (κ3) is 2.15. The van der Waals surface area contributed by atoms with Gasteiger partial charge in [-0.3, -0.25) is 0 Å². The Morgan fingerprint density at radius 3 is 2.75 bits per heavy atom. The number of nitrogens with zero attached hydrogens (tertiary/aromatic N) is 1. The molecule has 0 radical (unpaired) electrons. The molecule has 0 aromatic carbocycles. The van der Waals surface area contributed by atoms with Crippen LogP contribution >= 0.6 is 0 Å². The number of rotatable bonds is 4. The number of carboxylic acid groups (broad SMARTS) is 1. The lowest BCUT2D eigenvalue weighted by Crippen LogP contribution is -2.10. The van der Waals surface area contributed by atoms with Gasteiger partial charge in [0.25, 0.3) is 0 Å². The van der Waals surface area contributed by atoms with E-state index >= 15 is 0 Å². The second-order valence-electron chi connectivity index (χ2n) is 4.35. The van der Waals surface area contributed by atoms with Gasteiger partial charge in [0.1, 0.15) is 0 Å². The molecule has 86 valence electrons. The molecule has 0 amide bonds. The molecular formula is C12H15NO3. The van der Waals surface area contributed by atoms with Gasteiger partial charge in [-0.15, -0.1) is 0 Å². The molecule has 16 heavy (non-hydrogen) atoms. The quantitative estimate of drug-likeness (QED) is 0.848. The molecule has 1 aliphatic rings. The highest BCUT2D eigenvalue weighted by Gasteiger charge is 2.28. The summed E-state index contributed by atoms with van der Waals surface area (Å²) in [5.41, 5.74) is 0.942. The maximum atomic E-state index is 11.1. The van der Waals surface area contributed by atoms with Crippen molar-refractivity contribution in [3.8, 4) is 5.75 Å². The van der Waals surface area contributed by atoms with E-state index in [0.717, 1.165) is 18.4 Å². The number of aromatic carboxylic acids is 1. The minimum Gasteiger partial charge on any atom is -0.488 e. The lowest BCUT2D eigenvalue weighted by atomic mass is 10.0. The summed E-state index contributed by atoms with van der Waals surface area (Å²) < 4.78 is 5.67. The number of carbonyl (C=O) groups is 1. The third-order valence-corrected chi connectivity index (χ3v) is 2.57. The Kier molecular flexibility index (Phi) is 2.81. The van der Waals surface area contributed by atoms with Crippen molar-refractivity contribution in [3.05, 3.63) is 23.5 Å². The summed E-state index contributed by atoms with van der Waals surface area (Å²) in [5, 5.41) is 9.06. The molecular weight excluding hydrogens is 206 g/mol. The average Bonchev–Trinajstić information content (AvgIpc) is 3.01. The molecule has 1 aliphatic carbocycles. The Labute approximate surface area is 94.3 Å². The van der Waals surface area contributed by atoms with Crippen LogP contribution < -0.4 is 4.74 Å². The van der Waals surface area contributed by atoms with Gasteiger partial charge in [-0.2, -0.15) is 0 Å². The number of aromatic nitrogens is 1. The van der Waals surface area contributed by atoms with E-state index in [2.05, 4.69) is 4.98 Å². The highest BCUT2D eigenvalue weighted by atomic mass is 16.5. The van der Waals surface area contributed by atoms with Crippen LogP contribution in [0.1, 0.15) is 48.7 Å². The molecule has 1 aromatic heterocycles. The lowest BCUT2D eigenvalue weighted by molar-refractivity contribution is 0.0684. The number of pyridine rings is 1. The number of hydrogen-bond donors (Lipinski definition) is 1. The predicted octanol–water partition coefficient (Wildman–Crippen LogP) is 2.44. The Balaban J connectivity index is 2.42. The molecule has 1 aromatic rings. The molecule has 1 saturated carbocycles. The Morgan fingerprint density at radius 1 is 1.56 bits per heavy atom. The predicted molar refractivity (Wildman–Crippen MR) is 58.9 cm³/mol. The van der Waals surface area contributed by atoms with Crippen LogP contribution in [0.15, 0.2) is 12.3 Å². The van der Waals surface area contributed by atoms with Crippen molar-refractivity contribution in [3.63, 3.8) is 0 Å². The molecule has 1 N–H and O–H groups in total. The fourth-order valence-electron chi connectivity index (χ4n) is 1.55. The second-order valence-corrected chi connectivity index (χ2v) is 4.35. The molecule has 1 heterocycles. The van der Waals surface area contributed by atoms with E-state index in [4.69, 9.17) is 9.84 Å². The molecule has 4 nitrogen and oxygen atoms in total. The van der Waals surface area contributed by atoms with Crippen molar-refractivity contribution in [2.24, 2.45) is 0 Å². The van der Waals surface area contributed by atoms with Gasteiger partial charge in [0.05, 0.1) is 6.10 Å². The summed E-state index contributed by atoms with van der Waals surface area (Å²) in [6.45, 7) is 4.03. The van der Waals surface area contributed by atoms with Crippen molar-refractivity contribution in [1.29, 1.82) is 0 Å². The largest absolute Gasteiger partial charge is 0.488 e. The van der Waals surface area contributed by atoms with Crippen LogP contribution in [-0.4, -0.2) is 22.2 Å². The maximum absolute atomic E-state index is 11.1. The average molecular weight is 221 g/mol. The lowest BCUT2D eigenvalue weighted by Gasteiger charge is -2.14. The SMILES string of the molecule is CC(C)c1ccnc(C(=O)O)c1OC1CC1. The van der Waals surface area contributed by atoms with E-state index in [1.807, 2.05) is 19.9 Å². The van der Waals surface area contributed by atoms with E-state index in [0.29, 0.717) is 5.75 Å². The van der Waals surface area contributed by atoms with Crippen LogP contribution in [0.5, 0.6) is 5.75 Å². The summed E-state index contributed by atoms with van der Waals surface area (Å²) in [4.78, 5) is 14.9. The minimum atomic E-state index is -1.03. The first-order valence-corrected chi connectivity index (χ1v) is 5.48. The molecule has 0 saturated heterocycles. The summed E-state index contributed by atoms with van der Waals surface area (Å²) in [7, 11) is 0. The van der Waals surface area contributed by atoms with Crippen LogP contribution in [0, 0.1) is 0 Å². The Bertz CT molecular complexity index is 411. The van der Waals surface area contributed by atoms with Crippen LogP contribution in [0.25, 0.3) is 0 Å². The fraction of sp³-hybridized carbons (Fsp3) is 0.500. The van der Waals surface area contributed by atoms with E-state index in [9.17, 15) is 4.79 Å². The summed E-state index contributed by atoms with van der Waals surface area (Å²) in [5.74, 6) is -0.347. The van der Waals surface area contributed by atoms with Gasteiger partial charge in [-0.25, -0.2) is 9.78 Å². The van der Waals surface area contributed by atoms with Gasteiger partial charge < -0.3 is 9.84 Å². The molecule has 0 bridgehead atoms. The zero-order valence-electron chi connectivity index (χ0n) is 9.43. The van der Waals surface area contributed by atoms with Crippen molar-refractivity contribution in [2.45, 2.75) is 38.7 Å². The molecule has 2 rings (SSSR count). The van der Waals surface area contributed by atoms with E-state index in [-0.39, 0.29) is 17.7 Å². The van der Waals surface area contributed by atoms with Crippen LogP contribution in [-0.2, 0) is 0 Å². The van der Waals surface area contributed by atoms with Gasteiger partial charge in [-0.05, 0) is 24.8 Å². The maximum Gasteiger partial charge on any atom is 0.358 e. The molecule has 0 spiro atoms. The first kappa shape index (κ1) is 10.9. The first-order valence-electron chi connectivity index (χ1n) is 5.48. The van der Waals surface area contributed by atoms with Crippen LogP contribution in [0.4, 0.5) is 0 Å². The standard InChI is InChI=1S/C12H15NO3/c1-7(2)9-5-6-13-10(12(14)15)11(9)16-8-3-4-8/h5-8H,3-4H2,1-2H3,(H,14,15). The van der Waals surface area contributed by atoms with Crippen LogP contribution in [0.3, 0.4) is 0 Å². The van der Waals surface area contributed by atoms with E-state index in [1.54, 1.807) is 0 Å². The van der Waals surface area contributed by atoms with Crippen molar-refractivity contribution in [2.75, 3.05) is 0 Å². The first-order chi connectivity index (χ1) is 7.59. The van der Waals surface area contributed by atoms with E-state index < -0.39 is 5.97 Å². The summed E-state index contributed by atoms with van der Waals surface area (Å²) in [6, 6.07) is 1.83. The van der Waals surface area contributed by atoms with Gasteiger partial charge in [-0.1, -0.05) is 13.8 Å². The molecule has 0 atom stereocenters. The fourth-order valence-corrected chi connectivity index (χ4v) is 1.55. The summed E-state index contributed by atoms with van der Waals surface area (Å²) >= 11 is 0. The Hall–Kier alpha value is -1.58. The van der Waals surface area contributed by atoms with Gasteiger partial charge >= 0.3 is 5.97 Å². The monoisotopic (exact) mass is 221 g/mol. The second kappa shape index (κ2) is 4.12. The van der Waals surface area contributed by atoms with Crippen molar-refractivity contribution < 1.29 is 14.6 Å². The number of carboxylic acids is 1. The summed E-state index contributed by atoms with van der Waals surface area (Å²) in [6.07, 6.45) is 3.72. The third-order valence-electron chi connectivity index (χ3n) is 2.57. The topological polar surface area (TPSA) is 59.4 Å². The van der Waals surface area contributed by atoms with Gasteiger partial charge in [0.15, 0.2) is 11.4 Å². The number of hydrogen-bond acceptors (Lipinski definition) is 3. The van der Waals surface area contributed by atoms with Crippen molar-refractivity contribution >= 4 is 5.97 Å². The zero-order valence-corrected chi connectivity index (χ0v) is 9.43. The molecule has 1 fully saturated rings. The van der Waals surface area contributed by atoms with Crippen LogP contribution in [0.2, 0.25) is 0 Å². The normalized spacial score (nSPS) is 15.2. The smallest absolute Gasteiger partial charge is 0.358 e. The minimum absolute atomic E-state index is 0.0260. The zero-order chi connectivity index (χ0) is 11.7. The highest BCUT2D eigenvalue weighted by Crippen LogP contribution is 2.34. The Morgan fingerprint density at radius 2 is 2.25 bits per heavy atom. The van der Waals surface area contributed by atoms with E-state index in [1.165, 1.54) is 6.20 Å². The molecule has 4 heteroatoms. The van der Waals surface area contributed by atoms with Crippen molar-refractivity contribution in [1.82, 2.24) is 4.98 Å². The molecule has 0 unspecified atom stereocenters.